The molecule has 0 fully saturated rings. The Bertz CT molecular complexity index is 657. The van der Waals surface area contributed by atoms with Gasteiger partial charge in [-0.2, -0.15) is 5.10 Å². The van der Waals surface area contributed by atoms with E-state index in [1.54, 1.807) is 0 Å². The zero-order valence-corrected chi connectivity index (χ0v) is 9.70. The number of rotatable bonds is 3. The number of nitrogens with zero attached hydrogens (tertiary/aromatic N) is 2. The first-order valence-corrected chi connectivity index (χ1v) is 5.86. The third kappa shape index (κ3) is 1.62. The van der Waals surface area contributed by atoms with Crippen LogP contribution in [0.1, 0.15) is 13.3 Å². The molecule has 2 N–H and O–H groups in total. The van der Waals surface area contributed by atoms with E-state index in [0.717, 1.165) is 40.6 Å². The van der Waals surface area contributed by atoms with E-state index in [1.807, 2.05) is 24.4 Å². The molecule has 0 saturated heterocycles. The second kappa shape index (κ2) is 4.05. The fourth-order valence-corrected chi connectivity index (χ4v) is 2.02. The Balaban J connectivity index is 2.28. The van der Waals surface area contributed by atoms with E-state index < -0.39 is 0 Å². The highest BCUT2D eigenvalue weighted by molar-refractivity contribution is 6.08. The molecule has 3 rings (SSSR count). The van der Waals surface area contributed by atoms with Crippen molar-refractivity contribution in [3.63, 3.8) is 0 Å². The van der Waals surface area contributed by atoms with Crippen molar-refractivity contribution in [3.8, 4) is 0 Å². The lowest BCUT2D eigenvalue weighted by Gasteiger charge is -2.07. The second-order valence-corrected chi connectivity index (χ2v) is 4.06. The number of hydrogen-bond donors (Lipinski definition) is 2. The van der Waals surface area contributed by atoms with Gasteiger partial charge in [-0.15, -0.1) is 0 Å². The molecular weight excluding hydrogens is 212 g/mol. The minimum Gasteiger partial charge on any atom is -0.368 e. The smallest absolute Gasteiger partial charge is 0.152 e. The second-order valence-electron chi connectivity index (χ2n) is 4.06. The van der Waals surface area contributed by atoms with Crippen LogP contribution in [0.15, 0.2) is 30.5 Å². The van der Waals surface area contributed by atoms with Crippen LogP contribution in [0, 0.1) is 0 Å². The molecule has 0 spiro atoms. The number of pyridine rings is 1. The summed E-state index contributed by atoms with van der Waals surface area (Å²) in [7, 11) is 0. The Morgan fingerprint density at radius 3 is 3.00 bits per heavy atom. The van der Waals surface area contributed by atoms with Gasteiger partial charge in [0, 0.05) is 17.3 Å². The minimum absolute atomic E-state index is 0.887. The summed E-state index contributed by atoms with van der Waals surface area (Å²) in [6.07, 6.45) is 2.93. The number of aromatic amines is 1. The van der Waals surface area contributed by atoms with Crippen molar-refractivity contribution in [2.24, 2.45) is 0 Å². The quantitative estimate of drug-likeness (QED) is 0.722. The Labute approximate surface area is 99.1 Å². The number of hydrogen-bond acceptors (Lipinski definition) is 3. The zero-order valence-electron chi connectivity index (χ0n) is 9.70. The maximum Gasteiger partial charge on any atom is 0.152 e. The first kappa shape index (κ1) is 10.1. The number of nitrogens with one attached hydrogen (secondary N) is 2. The summed E-state index contributed by atoms with van der Waals surface area (Å²) in [5.41, 5.74) is 1.98. The molecule has 0 saturated carbocycles. The van der Waals surface area contributed by atoms with Gasteiger partial charge in [-0.25, -0.2) is 4.98 Å². The Kier molecular flexibility index (Phi) is 2.40. The molecule has 0 amide bonds. The average molecular weight is 226 g/mol. The van der Waals surface area contributed by atoms with Crippen molar-refractivity contribution >= 4 is 27.6 Å². The van der Waals surface area contributed by atoms with Crippen LogP contribution in [0.3, 0.4) is 0 Å². The van der Waals surface area contributed by atoms with Gasteiger partial charge in [0.2, 0.25) is 0 Å². The van der Waals surface area contributed by atoms with Crippen molar-refractivity contribution in [1.82, 2.24) is 15.2 Å². The maximum absolute atomic E-state index is 4.63. The molecule has 4 nitrogen and oxygen atoms in total. The number of H-pyrrole nitrogens is 1. The van der Waals surface area contributed by atoms with E-state index in [4.69, 9.17) is 0 Å². The highest BCUT2D eigenvalue weighted by atomic mass is 15.1. The lowest BCUT2D eigenvalue weighted by molar-refractivity contribution is 0.972. The van der Waals surface area contributed by atoms with Crippen LogP contribution in [0.25, 0.3) is 21.8 Å². The molecule has 0 aliphatic rings. The van der Waals surface area contributed by atoms with Gasteiger partial charge in [0.15, 0.2) is 5.82 Å². The minimum atomic E-state index is 0.887. The van der Waals surface area contributed by atoms with Gasteiger partial charge >= 0.3 is 0 Å². The standard InChI is InChI=1S/C13H14N4/c1-2-7-14-13-12-10(8-15-17-12)9-5-3-4-6-11(9)16-13/h3-6,8H,2,7H2,1H3,(H,14,16)(H,15,17). The Hall–Kier alpha value is -2.10. The third-order valence-electron chi connectivity index (χ3n) is 2.85. The largest absolute Gasteiger partial charge is 0.368 e. The van der Waals surface area contributed by atoms with E-state index in [2.05, 4.69) is 33.5 Å². The van der Waals surface area contributed by atoms with Crippen LogP contribution in [-0.4, -0.2) is 21.7 Å². The highest BCUT2D eigenvalue weighted by Crippen LogP contribution is 2.27. The predicted molar refractivity (Wildman–Crippen MR) is 70.2 cm³/mol. The number of aromatic nitrogens is 3. The summed E-state index contributed by atoms with van der Waals surface area (Å²) in [4.78, 5) is 4.63. The van der Waals surface area contributed by atoms with Gasteiger partial charge < -0.3 is 5.32 Å². The molecule has 2 aromatic heterocycles. The van der Waals surface area contributed by atoms with Gasteiger partial charge in [-0.05, 0) is 12.5 Å². The van der Waals surface area contributed by atoms with Gasteiger partial charge in [0.05, 0.1) is 11.7 Å². The first-order chi connectivity index (χ1) is 8.40. The summed E-state index contributed by atoms with van der Waals surface area (Å²) < 4.78 is 0. The Morgan fingerprint density at radius 1 is 1.24 bits per heavy atom. The van der Waals surface area contributed by atoms with Gasteiger partial charge in [0.1, 0.15) is 5.52 Å². The molecule has 3 aromatic rings. The van der Waals surface area contributed by atoms with Crippen LogP contribution < -0.4 is 5.32 Å². The third-order valence-corrected chi connectivity index (χ3v) is 2.85. The van der Waals surface area contributed by atoms with Crippen molar-refractivity contribution in [2.75, 3.05) is 11.9 Å². The van der Waals surface area contributed by atoms with Crippen molar-refractivity contribution < 1.29 is 0 Å². The van der Waals surface area contributed by atoms with E-state index in [1.165, 1.54) is 0 Å². The van der Waals surface area contributed by atoms with E-state index in [0.29, 0.717) is 0 Å². The van der Waals surface area contributed by atoms with E-state index in [9.17, 15) is 0 Å². The molecule has 0 unspecified atom stereocenters. The summed E-state index contributed by atoms with van der Waals surface area (Å²) in [6, 6.07) is 8.13. The zero-order chi connectivity index (χ0) is 11.7. The molecule has 0 bridgehead atoms. The number of benzene rings is 1. The molecule has 0 radical (unpaired) electrons. The Morgan fingerprint density at radius 2 is 2.12 bits per heavy atom. The summed E-state index contributed by atoms with van der Waals surface area (Å²) in [6.45, 7) is 3.05. The monoisotopic (exact) mass is 226 g/mol. The number of fused-ring (bicyclic) bond motifs is 3. The van der Waals surface area contributed by atoms with Gasteiger partial charge in [-0.3, -0.25) is 5.10 Å². The summed E-state index contributed by atoms with van der Waals surface area (Å²) in [5.74, 6) is 0.887. The van der Waals surface area contributed by atoms with Crippen LogP contribution in [0.2, 0.25) is 0 Å². The topological polar surface area (TPSA) is 53.6 Å². The fourth-order valence-electron chi connectivity index (χ4n) is 2.02. The van der Waals surface area contributed by atoms with Crippen LogP contribution in [0.5, 0.6) is 0 Å². The summed E-state index contributed by atoms with van der Waals surface area (Å²) in [5, 5.41) is 12.7. The van der Waals surface area contributed by atoms with Gasteiger partial charge in [0.25, 0.3) is 0 Å². The van der Waals surface area contributed by atoms with Crippen molar-refractivity contribution in [3.05, 3.63) is 30.5 Å². The number of para-hydroxylation sites is 1. The first-order valence-electron chi connectivity index (χ1n) is 5.86. The highest BCUT2D eigenvalue weighted by Gasteiger charge is 2.08. The lowest BCUT2D eigenvalue weighted by atomic mass is 10.1. The molecule has 86 valence electrons. The lowest BCUT2D eigenvalue weighted by Crippen LogP contribution is -2.02. The van der Waals surface area contributed by atoms with Crippen LogP contribution >= 0.6 is 0 Å². The van der Waals surface area contributed by atoms with Gasteiger partial charge in [-0.1, -0.05) is 25.1 Å². The molecule has 0 aliphatic heterocycles. The summed E-state index contributed by atoms with van der Waals surface area (Å²) >= 11 is 0. The molecule has 2 heterocycles. The van der Waals surface area contributed by atoms with E-state index in [-0.39, 0.29) is 0 Å². The molecule has 17 heavy (non-hydrogen) atoms. The SMILES string of the molecule is CCCNc1nc2ccccc2c2cn[nH]c12. The molecule has 0 aliphatic carbocycles. The average Bonchev–Trinajstić information content (AvgIpc) is 2.85. The number of anilines is 1. The van der Waals surface area contributed by atoms with Crippen molar-refractivity contribution in [2.45, 2.75) is 13.3 Å². The van der Waals surface area contributed by atoms with Crippen LogP contribution in [-0.2, 0) is 0 Å². The molecule has 4 heteroatoms. The predicted octanol–water partition coefficient (Wildman–Crippen LogP) is 2.93. The van der Waals surface area contributed by atoms with Crippen LogP contribution in [0.4, 0.5) is 5.82 Å². The van der Waals surface area contributed by atoms with Crippen molar-refractivity contribution in [1.29, 1.82) is 0 Å². The molecular formula is C13H14N4. The molecule has 1 aromatic carbocycles. The molecule has 0 atom stereocenters. The maximum atomic E-state index is 4.63. The fraction of sp³-hybridized carbons (Fsp3) is 0.231. The normalized spacial score (nSPS) is 11.1. The van der Waals surface area contributed by atoms with E-state index >= 15 is 0 Å².